The lowest BCUT2D eigenvalue weighted by Crippen LogP contribution is -2.10. The number of aromatic nitrogens is 2. The fourth-order valence-electron chi connectivity index (χ4n) is 2.30. The van der Waals surface area contributed by atoms with Crippen LogP contribution < -0.4 is 5.32 Å². The highest BCUT2D eigenvalue weighted by Gasteiger charge is 2.10. The van der Waals surface area contributed by atoms with Gasteiger partial charge in [-0.3, -0.25) is 10.1 Å². The number of thiophene rings is 1. The smallest absolute Gasteiger partial charge is 0.269 e. The molecule has 0 fully saturated rings. The number of benzene rings is 1. The molecule has 0 unspecified atom stereocenters. The Morgan fingerprint density at radius 2 is 2.08 bits per heavy atom. The van der Waals surface area contributed by atoms with Gasteiger partial charge >= 0.3 is 0 Å². The summed E-state index contributed by atoms with van der Waals surface area (Å²) in [5.74, 6) is 0.797. The standard InChI is InChI=1S/C16H16N4O3S/c21-8-7-19-16(10-14(18-19)15-2-1-9-24-15)17-11-12-3-5-13(6-4-12)20(22)23/h1-6,9-10,17,21H,7-8,11H2. The third-order valence-corrected chi connectivity index (χ3v) is 4.38. The second kappa shape index (κ2) is 7.24. The number of aliphatic hydroxyl groups excluding tert-OH is 1. The number of rotatable bonds is 7. The molecule has 24 heavy (non-hydrogen) atoms. The van der Waals surface area contributed by atoms with Crippen LogP contribution in [0.4, 0.5) is 11.5 Å². The molecule has 1 aromatic carbocycles. The van der Waals surface area contributed by atoms with Gasteiger partial charge in [0.25, 0.3) is 5.69 Å². The van der Waals surface area contributed by atoms with Crippen molar-refractivity contribution in [3.8, 4) is 10.6 Å². The number of nitro groups is 1. The van der Waals surface area contributed by atoms with Gasteiger partial charge in [0.15, 0.2) is 0 Å². The van der Waals surface area contributed by atoms with E-state index in [0.29, 0.717) is 13.1 Å². The van der Waals surface area contributed by atoms with Crippen LogP contribution in [0.5, 0.6) is 0 Å². The summed E-state index contributed by atoms with van der Waals surface area (Å²) in [5.41, 5.74) is 1.85. The maximum atomic E-state index is 10.7. The highest BCUT2D eigenvalue weighted by Crippen LogP contribution is 2.26. The molecule has 7 nitrogen and oxygen atoms in total. The molecule has 0 aliphatic heterocycles. The Kier molecular flexibility index (Phi) is 4.88. The maximum Gasteiger partial charge on any atom is 0.269 e. The van der Waals surface area contributed by atoms with Crippen LogP contribution in [0, 0.1) is 10.1 Å². The number of nitrogens with zero attached hydrogens (tertiary/aromatic N) is 3. The zero-order valence-corrected chi connectivity index (χ0v) is 13.6. The Morgan fingerprint density at radius 1 is 1.29 bits per heavy atom. The number of anilines is 1. The summed E-state index contributed by atoms with van der Waals surface area (Å²) in [6.07, 6.45) is 0. The van der Waals surface area contributed by atoms with Crippen LogP contribution in [0.1, 0.15) is 5.56 Å². The summed E-state index contributed by atoms with van der Waals surface area (Å²) in [5, 5.41) is 29.6. The average Bonchev–Trinajstić information content (AvgIpc) is 3.23. The highest BCUT2D eigenvalue weighted by molar-refractivity contribution is 7.13. The van der Waals surface area contributed by atoms with Crippen LogP contribution in [-0.2, 0) is 13.1 Å². The molecule has 0 spiro atoms. The van der Waals surface area contributed by atoms with E-state index in [2.05, 4.69) is 10.4 Å². The normalized spacial score (nSPS) is 10.7. The van der Waals surface area contributed by atoms with Gasteiger partial charge in [0, 0.05) is 24.7 Å². The van der Waals surface area contributed by atoms with E-state index < -0.39 is 4.92 Å². The first-order valence-corrected chi connectivity index (χ1v) is 8.25. The third kappa shape index (κ3) is 3.61. The lowest BCUT2D eigenvalue weighted by molar-refractivity contribution is -0.384. The summed E-state index contributed by atoms with van der Waals surface area (Å²) < 4.78 is 1.72. The number of non-ortho nitro benzene ring substituents is 1. The predicted octanol–water partition coefficient (Wildman–Crippen LogP) is 3.12. The predicted molar refractivity (Wildman–Crippen MR) is 93.0 cm³/mol. The first kappa shape index (κ1) is 16.2. The van der Waals surface area contributed by atoms with Gasteiger partial charge in [-0.05, 0) is 17.0 Å². The summed E-state index contributed by atoms with van der Waals surface area (Å²) in [4.78, 5) is 11.3. The van der Waals surface area contributed by atoms with Gasteiger partial charge in [0.2, 0.25) is 0 Å². The maximum absolute atomic E-state index is 10.7. The van der Waals surface area contributed by atoms with Crippen LogP contribution in [-0.4, -0.2) is 26.4 Å². The molecule has 0 amide bonds. The minimum atomic E-state index is -0.416. The van der Waals surface area contributed by atoms with Crippen LogP contribution >= 0.6 is 11.3 Å². The van der Waals surface area contributed by atoms with Gasteiger partial charge in [-0.25, -0.2) is 4.68 Å². The van der Waals surface area contributed by atoms with E-state index in [-0.39, 0.29) is 12.3 Å². The molecule has 2 aromatic heterocycles. The molecule has 3 aromatic rings. The van der Waals surface area contributed by atoms with E-state index in [4.69, 9.17) is 0 Å². The van der Waals surface area contributed by atoms with Gasteiger partial charge in [-0.2, -0.15) is 5.10 Å². The molecular formula is C16H16N4O3S. The number of aliphatic hydroxyl groups is 1. The second-order valence-corrected chi connectivity index (χ2v) is 6.06. The SMILES string of the molecule is O=[N+]([O-])c1ccc(CNc2cc(-c3cccs3)nn2CCO)cc1. The largest absolute Gasteiger partial charge is 0.394 e. The van der Waals surface area contributed by atoms with Gasteiger partial charge in [0.1, 0.15) is 11.5 Å². The fourth-order valence-corrected chi connectivity index (χ4v) is 2.98. The molecule has 0 saturated heterocycles. The number of hydrogen-bond acceptors (Lipinski definition) is 6. The van der Waals surface area contributed by atoms with Gasteiger partial charge in [-0.15, -0.1) is 11.3 Å². The van der Waals surface area contributed by atoms with E-state index in [0.717, 1.165) is 22.0 Å². The van der Waals surface area contributed by atoms with Gasteiger partial charge in [0.05, 0.1) is 23.0 Å². The average molecular weight is 344 g/mol. The van der Waals surface area contributed by atoms with Crippen molar-refractivity contribution < 1.29 is 10.0 Å². The fraction of sp³-hybridized carbons (Fsp3) is 0.188. The molecular weight excluding hydrogens is 328 g/mol. The van der Waals surface area contributed by atoms with Gasteiger partial charge < -0.3 is 10.4 Å². The zero-order valence-electron chi connectivity index (χ0n) is 12.8. The molecule has 3 rings (SSSR count). The van der Waals surface area contributed by atoms with Crippen LogP contribution in [0.25, 0.3) is 10.6 Å². The molecule has 0 saturated carbocycles. The van der Waals surface area contributed by atoms with Crippen molar-refractivity contribution in [2.24, 2.45) is 0 Å². The highest BCUT2D eigenvalue weighted by atomic mass is 32.1. The number of hydrogen-bond donors (Lipinski definition) is 2. The van der Waals surface area contributed by atoms with Crippen LogP contribution in [0.15, 0.2) is 47.8 Å². The monoisotopic (exact) mass is 344 g/mol. The van der Waals surface area contributed by atoms with Crippen molar-refractivity contribution in [1.29, 1.82) is 0 Å². The second-order valence-electron chi connectivity index (χ2n) is 5.12. The first-order chi connectivity index (χ1) is 11.7. The van der Waals surface area contributed by atoms with Crippen LogP contribution in [0.2, 0.25) is 0 Å². The van der Waals surface area contributed by atoms with Crippen molar-refractivity contribution in [3.05, 3.63) is 63.5 Å². The summed E-state index contributed by atoms with van der Waals surface area (Å²) in [7, 11) is 0. The summed E-state index contributed by atoms with van der Waals surface area (Å²) >= 11 is 1.60. The topological polar surface area (TPSA) is 93.2 Å². The summed E-state index contributed by atoms with van der Waals surface area (Å²) in [6.45, 7) is 0.907. The van der Waals surface area contributed by atoms with Crippen molar-refractivity contribution in [1.82, 2.24) is 9.78 Å². The molecule has 8 heteroatoms. The third-order valence-electron chi connectivity index (χ3n) is 3.49. The van der Waals surface area contributed by atoms with E-state index in [1.165, 1.54) is 12.1 Å². The van der Waals surface area contributed by atoms with Gasteiger partial charge in [-0.1, -0.05) is 18.2 Å². The van der Waals surface area contributed by atoms with Crippen molar-refractivity contribution in [3.63, 3.8) is 0 Å². The van der Waals surface area contributed by atoms with Crippen LogP contribution in [0.3, 0.4) is 0 Å². The van der Waals surface area contributed by atoms with E-state index in [9.17, 15) is 15.2 Å². The van der Waals surface area contributed by atoms with E-state index in [1.54, 1.807) is 28.2 Å². The quantitative estimate of drug-likeness (QED) is 0.507. The lowest BCUT2D eigenvalue weighted by atomic mass is 10.2. The molecule has 124 valence electrons. The molecule has 2 N–H and O–H groups in total. The van der Waals surface area contributed by atoms with Crippen molar-refractivity contribution >= 4 is 22.8 Å². The minimum absolute atomic E-state index is 0.00221. The Bertz CT molecular complexity index is 812. The lowest BCUT2D eigenvalue weighted by Gasteiger charge is -2.08. The molecule has 0 radical (unpaired) electrons. The number of nitro benzene ring substituents is 1. The van der Waals surface area contributed by atoms with Crippen molar-refractivity contribution in [2.45, 2.75) is 13.1 Å². The first-order valence-electron chi connectivity index (χ1n) is 7.37. The Hall–Kier alpha value is -2.71. The molecule has 0 atom stereocenters. The molecule has 0 aliphatic carbocycles. The minimum Gasteiger partial charge on any atom is -0.394 e. The zero-order chi connectivity index (χ0) is 16.9. The number of nitrogens with one attached hydrogen (secondary N) is 1. The molecule has 0 bridgehead atoms. The Balaban J connectivity index is 1.75. The van der Waals surface area contributed by atoms with E-state index in [1.807, 2.05) is 23.6 Å². The molecule has 2 heterocycles. The molecule has 0 aliphatic rings. The summed E-state index contributed by atoms with van der Waals surface area (Å²) in [6, 6.07) is 12.3. The van der Waals surface area contributed by atoms with E-state index >= 15 is 0 Å². The van der Waals surface area contributed by atoms with Crippen molar-refractivity contribution in [2.75, 3.05) is 11.9 Å². The Labute approximate surface area is 142 Å². The Morgan fingerprint density at radius 3 is 2.71 bits per heavy atom.